The maximum atomic E-state index is 11.9. The van der Waals surface area contributed by atoms with Gasteiger partial charge in [0.1, 0.15) is 6.54 Å². The van der Waals surface area contributed by atoms with Crippen molar-refractivity contribution >= 4 is 28.8 Å². The zero-order valence-electron chi connectivity index (χ0n) is 10.3. The van der Waals surface area contributed by atoms with E-state index in [-0.39, 0.29) is 24.1 Å². The van der Waals surface area contributed by atoms with Crippen molar-refractivity contribution in [3.63, 3.8) is 0 Å². The first kappa shape index (κ1) is 13.8. The number of nitrogens with one attached hydrogen (secondary N) is 1. The van der Waals surface area contributed by atoms with Crippen LogP contribution in [0.4, 0.5) is 0 Å². The first-order valence-corrected chi connectivity index (χ1v) is 6.96. The molecule has 1 N–H and O–H groups in total. The molecule has 0 fully saturated rings. The number of halogens is 1. The Morgan fingerprint density at radius 3 is 2.84 bits per heavy atom. The zero-order chi connectivity index (χ0) is 13.8. The van der Waals surface area contributed by atoms with Crippen LogP contribution in [0.5, 0.6) is 0 Å². The summed E-state index contributed by atoms with van der Waals surface area (Å²) in [6.45, 7) is 1.90. The molecule has 19 heavy (non-hydrogen) atoms. The summed E-state index contributed by atoms with van der Waals surface area (Å²) in [6, 6.07) is 8.35. The second-order valence-corrected chi connectivity index (χ2v) is 5.84. The molecule has 0 unspecified atom stereocenters. The number of pyridine rings is 1. The lowest BCUT2D eigenvalue weighted by molar-refractivity contribution is -0.122. The summed E-state index contributed by atoms with van der Waals surface area (Å²) < 4.78 is 2.05. The number of amides is 1. The molecule has 100 valence electrons. The predicted octanol–water partition coefficient (Wildman–Crippen LogP) is 2.44. The van der Waals surface area contributed by atoms with Crippen LogP contribution in [0.3, 0.4) is 0 Å². The summed E-state index contributed by atoms with van der Waals surface area (Å²) >= 11 is 7.28. The Bertz CT molecular complexity index is 635. The van der Waals surface area contributed by atoms with Gasteiger partial charge in [-0.2, -0.15) is 0 Å². The minimum absolute atomic E-state index is 0.0170. The standard InChI is InChI=1S/C13H13ClN2O2S/c1-9(10-5-6-11(14)19-10)15-12(17)8-16-7-3-2-4-13(16)18/h2-7,9H,8H2,1H3,(H,15,17)/t9-/m1/s1. The van der Waals surface area contributed by atoms with Crippen LogP contribution in [-0.4, -0.2) is 10.5 Å². The van der Waals surface area contributed by atoms with Gasteiger partial charge in [-0.3, -0.25) is 9.59 Å². The second kappa shape index (κ2) is 6.04. The van der Waals surface area contributed by atoms with Crippen molar-refractivity contribution in [2.24, 2.45) is 0 Å². The van der Waals surface area contributed by atoms with Gasteiger partial charge in [0.15, 0.2) is 0 Å². The van der Waals surface area contributed by atoms with Crippen molar-refractivity contribution in [3.05, 3.63) is 56.1 Å². The molecule has 2 aromatic heterocycles. The number of carbonyl (C=O) groups excluding carboxylic acids is 1. The Morgan fingerprint density at radius 1 is 1.42 bits per heavy atom. The Hall–Kier alpha value is -1.59. The third kappa shape index (κ3) is 3.68. The van der Waals surface area contributed by atoms with Crippen molar-refractivity contribution in [2.75, 3.05) is 0 Å². The Kier molecular flexibility index (Phi) is 4.39. The molecule has 6 heteroatoms. The summed E-state index contributed by atoms with van der Waals surface area (Å²) in [4.78, 5) is 24.3. The Labute approximate surface area is 119 Å². The quantitative estimate of drug-likeness (QED) is 0.942. The SMILES string of the molecule is C[C@@H](NC(=O)Cn1ccccc1=O)c1ccc(Cl)s1. The number of thiophene rings is 1. The number of aromatic nitrogens is 1. The predicted molar refractivity (Wildman–Crippen MR) is 76.6 cm³/mol. The Morgan fingerprint density at radius 2 is 2.21 bits per heavy atom. The van der Waals surface area contributed by atoms with E-state index in [1.54, 1.807) is 24.4 Å². The summed E-state index contributed by atoms with van der Waals surface area (Å²) in [5.74, 6) is -0.203. The molecule has 0 saturated heterocycles. The van der Waals surface area contributed by atoms with Crippen molar-refractivity contribution in [2.45, 2.75) is 19.5 Å². The minimum Gasteiger partial charge on any atom is -0.347 e. The van der Waals surface area contributed by atoms with Gasteiger partial charge in [-0.25, -0.2) is 0 Å². The molecule has 0 spiro atoms. The van der Waals surface area contributed by atoms with Gasteiger partial charge in [0.2, 0.25) is 5.91 Å². The van der Waals surface area contributed by atoms with Crippen molar-refractivity contribution in [1.82, 2.24) is 9.88 Å². The first-order chi connectivity index (χ1) is 9.06. The monoisotopic (exact) mass is 296 g/mol. The number of hydrogen-bond donors (Lipinski definition) is 1. The number of carbonyl (C=O) groups is 1. The molecule has 0 radical (unpaired) electrons. The number of hydrogen-bond acceptors (Lipinski definition) is 3. The first-order valence-electron chi connectivity index (χ1n) is 5.76. The summed E-state index contributed by atoms with van der Waals surface area (Å²) in [5, 5.41) is 2.84. The molecule has 0 aliphatic carbocycles. The molecular weight excluding hydrogens is 284 g/mol. The van der Waals surface area contributed by atoms with Gasteiger partial charge in [-0.05, 0) is 25.1 Å². The van der Waals surface area contributed by atoms with E-state index in [1.165, 1.54) is 22.0 Å². The third-order valence-corrected chi connectivity index (χ3v) is 4.03. The maximum Gasteiger partial charge on any atom is 0.250 e. The van der Waals surface area contributed by atoms with Gasteiger partial charge in [-0.1, -0.05) is 17.7 Å². The lowest BCUT2D eigenvalue weighted by atomic mass is 10.3. The fourth-order valence-electron chi connectivity index (χ4n) is 1.67. The molecular formula is C13H13ClN2O2S. The molecule has 2 heterocycles. The van der Waals surface area contributed by atoms with E-state index >= 15 is 0 Å². The number of rotatable bonds is 4. The van der Waals surface area contributed by atoms with E-state index < -0.39 is 0 Å². The largest absolute Gasteiger partial charge is 0.347 e. The van der Waals surface area contributed by atoms with Crippen LogP contribution in [0.2, 0.25) is 4.34 Å². The fraction of sp³-hybridized carbons (Fsp3) is 0.231. The van der Waals surface area contributed by atoms with Crippen LogP contribution in [0.15, 0.2) is 41.3 Å². The van der Waals surface area contributed by atoms with E-state index in [4.69, 9.17) is 11.6 Å². The summed E-state index contributed by atoms with van der Waals surface area (Å²) in [7, 11) is 0. The number of nitrogens with zero attached hydrogens (tertiary/aromatic N) is 1. The Balaban J connectivity index is 1.98. The normalized spacial score (nSPS) is 12.1. The van der Waals surface area contributed by atoms with Gasteiger partial charge < -0.3 is 9.88 Å². The van der Waals surface area contributed by atoms with Gasteiger partial charge in [-0.15, -0.1) is 11.3 Å². The van der Waals surface area contributed by atoms with Gasteiger partial charge in [0, 0.05) is 17.1 Å². The molecule has 1 atom stereocenters. The molecule has 0 aliphatic rings. The van der Waals surface area contributed by atoms with Crippen molar-refractivity contribution in [1.29, 1.82) is 0 Å². The van der Waals surface area contributed by atoms with Crippen molar-refractivity contribution < 1.29 is 4.79 Å². The second-order valence-electron chi connectivity index (χ2n) is 4.10. The highest BCUT2D eigenvalue weighted by molar-refractivity contribution is 7.16. The van der Waals surface area contributed by atoms with E-state index in [0.29, 0.717) is 4.34 Å². The van der Waals surface area contributed by atoms with E-state index in [0.717, 1.165) is 4.88 Å². The fourth-order valence-corrected chi connectivity index (χ4v) is 2.73. The molecule has 0 aliphatic heterocycles. The maximum absolute atomic E-state index is 11.9. The smallest absolute Gasteiger partial charge is 0.250 e. The van der Waals surface area contributed by atoms with Gasteiger partial charge in [0.05, 0.1) is 10.4 Å². The summed E-state index contributed by atoms with van der Waals surface area (Å²) in [5.41, 5.74) is -0.190. The van der Waals surface area contributed by atoms with Crippen LogP contribution in [0.25, 0.3) is 0 Å². The average Bonchev–Trinajstić information content (AvgIpc) is 2.79. The molecule has 2 rings (SSSR count). The van der Waals surface area contributed by atoms with Crippen LogP contribution >= 0.6 is 22.9 Å². The highest BCUT2D eigenvalue weighted by Crippen LogP contribution is 2.26. The van der Waals surface area contributed by atoms with Gasteiger partial charge in [0.25, 0.3) is 5.56 Å². The van der Waals surface area contributed by atoms with E-state index in [1.807, 2.05) is 13.0 Å². The molecule has 0 bridgehead atoms. The van der Waals surface area contributed by atoms with Crippen LogP contribution in [0.1, 0.15) is 17.8 Å². The van der Waals surface area contributed by atoms with Crippen LogP contribution in [0, 0.1) is 0 Å². The van der Waals surface area contributed by atoms with Crippen molar-refractivity contribution in [3.8, 4) is 0 Å². The molecule has 2 aromatic rings. The molecule has 0 saturated carbocycles. The molecule has 0 aromatic carbocycles. The van der Waals surface area contributed by atoms with E-state index in [9.17, 15) is 9.59 Å². The molecule has 1 amide bonds. The lowest BCUT2D eigenvalue weighted by Crippen LogP contribution is -2.33. The summed E-state index contributed by atoms with van der Waals surface area (Å²) in [6.07, 6.45) is 1.59. The third-order valence-electron chi connectivity index (χ3n) is 2.61. The van der Waals surface area contributed by atoms with Crippen LogP contribution in [-0.2, 0) is 11.3 Å². The van der Waals surface area contributed by atoms with Gasteiger partial charge >= 0.3 is 0 Å². The molecule has 4 nitrogen and oxygen atoms in total. The highest BCUT2D eigenvalue weighted by Gasteiger charge is 2.12. The van der Waals surface area contributed by atoms with Crippen LogP contribution < -0.4 is 10.9 Å². The topological polar surface area (TPSA) is 51.1 Å². The zero-order valence-corrected chi connectivity index (χ0v) is 11.9. The average molecular weight is 297 g/mol. The highest BCUT2D eigenvalue weighted by atomic mass is 35.5. The van der Waals surface area contributed by atoms with E-state index in [2.05, 4.69) is 5.32 Å². The lowest BCUT2D eigenvalue weighted by Gasteiger charge is -2.12. The minimum atomic E-state index is -0.203.